The molecular weight excluding hydrogens is 386 g/mol. The summed E-state index contributed by atoms with van der Waals surface area (Å²) in [6.07, 6.45) is -3.45. The molecule has 0 aliphatic heterocycles. The molecule has 0 saturated carbocycles. The van der Waals surface area contributed by atoms with Gasteiger partial charge in [-0.05, 0) is 30.7 Å². The number of anilines is 2. The monoisotopic (exact) mass is 403 g/mol. The molecule has 1 heterocycles. The quantitative estimate of drug-likeness (QED) is 0.563. The molecule has 0 spiro atoms. The number of amides is 1. The number of carbonyl (C=O) groups is 2. The van der Waals surface area contributed by atoms with Crippen LogP contribution in [0.4, 0.5) is 28.4 Å². The van der Waals surface area contributed by atoms with Crippen molar-refractivity contribution in [2.75, 3.05) is 23.8 Å². The predicted octanol–water partition coefficient (Wildman–Crippen LogP) is 3.89. The summed E-state index contributed by atoms with van der Waals surface area (Å²) in [6.45, 7) is 1.72. The first-order chi connectivity index (χ1) is 12.6. The average molecular weight is 403 g/mol. The van der Waals surface area contributed by atoms with Gasteiger partial charge in [-0.2, -0.15) is 13.2 Å². The molecule has 2 rings (SSSR count). The molecule has 0 radical (unpaired) electrons. The number of thiazole rings is 1. The molecule has 146 valence electrons. The zero-order chi connectivity index (χ0) is 20.2. The van der Waals surface area contributed by atoms with E-state index in [1.807, 2.05) is 0 Å². The Morgan fingerprint density at radius 1 is 1.41 bits per heavy atom. The van der Waals surface area contributed by atoms with Crippen molar-refractivity contribution in [3.63, 3.8) is 0 Å². The SMILES string of the molecule is Cc1cc(N(C)CC(CC=O)C(=O)Nc2ncc(C(F)(F)F)s2)ccc1F. The molecule has 2 aromatic rings. The lowest BCUT2D eigenvalue weighted by molar-refractivity contribution is -0.134. The van der Waals surface area contributed by atoms with Gasteiger partial charge in [0, 0.05) is 25.7 Å². The molecule has 0 aliphatic rings. The van der Waals surface area contributed by atoms with E-state index in [4.69, 9.17) is 0 Å². The van der Waals surface area contributed by atoms with Crippen molar-refractivity contribution in [2.45, 2.75) is 19.5 Å². The summed E-state index contributed by atoms with van der Waals surface area (Å²) in [5.41, 5.74) is 1.07. The number of alkyl halides is 3. The largest absolute Gasteiger partial charge is 0.427 e. The minimum Gasteiger partial charge on any atom is -0.374 e. The topological polar surface area (TPSA) is 62.3 Å². The lowest BCUT2D eigenvalue weighted by atomic mass is 10.0. The van der Waals surface area contributed by atoms with E-state index >= 15 is 0 Å². The summed E-state index contributed by atoms with van der Waals surface area (Å²) < 4.78 is 51.2. The van der Waals surface area contributed by atoms with Crippen LogP contribution in [0, 0.1) is 18.7 Å². The summed E-state index contributed by atoms with van der Waals surface area (Å²) in [5, 5.41) is 2.13. The maximum Gasteiger partial charge on any atom is 0.427 e. The van der Waals surface area contributed by atoms with E-state index in [0.29, 0.717) is 35.1 Å². The first kappa shape index (κ1) is 20.8. The average Bonchev–Trinajstić information content (AvgIpc) is 3.05. The van der Waals surface area contributed by atoms with Crippen molar-refractivity contribution in [1.82, 2.24) is 4.98 Å². The summed E-state index contributed by atoms with van der Waals surface area (Å²) in [4.78, 5) is 27.6. The van der Waals surface area contributed by atoms with Gasteiger partial charge >= 0.3 is 6.18 Å². The summed E-state index contributed by atoms with van der Waals surface area (Å²) in [7, 11) is 1.67. The minimum atomic E-state index is -4.54. The lowest BCUT2D eigenvalue weighted by Crippen LogP contribution is -2.34. The minimum absolute atomic E-state index is 0.117. The summed E-state index contributed by atoms with van der Waals surface area (Å²) >= 11 is 0.311. The summed E-state index contributed by atoms with van der Waals surface area (Å²) in [6, 6.07) is 4.43. The van der Waals surface area contributed by atoms with Crippen LogP contribution >= 0.6 is 11.3 Å². The van der Waals surface area contributed by atoms with Gasteiger partial charge in [-0.3, -0.25) is 4.79 Å². The molecule has 0 bridgehead atoms. The van der Waals surface area contributed by atoms with Gasteiger partial charge in [-0.25, -0.2) is 9.37 Å². The first-order valence-corrected chi connectivity index (χ1v) is 8.68. The Morgan fingerprint density at radius 3 is 2.67 bits per heavy atom. The number of carbonyl (C=O) groups excluding carboxylic acids is 2. The Kier molecular flexibility index (Phi) is 6.53. The molecule has 10 heteroatoms. The van der Waals surface area contributed by atoms with Gasteiger partial charge in [-0.15, -0.1) is 0 Å². The molecule has 27 heavy (non-hydrogen) atoms. The Labute approximate surface area is 157 Å². The van der Waals surface area contributed by atoms with Crippen molar-refractivity contribution >= 4 is 34.3 Å². The second kappa shape index (κ2) is 8.47. The highest BCUT2D eigenvalue weighted by Crippen LogP contribution is 2.35. The molecule has 1 N–H and O–H groups in total. The third kappa shape index (κ3) is 5.49. The van der Waals surface area contributed by atoms with Gasteiger partial charge in [0.2, 0.25) is 5.91 Å². The van der Waals surface area contributed by atoms with E-state index in [0.717, 1.165) is 0 Å². The van der Waals surface area contributed by atoms with Crippen LogP contribution in [0.25, 0.3) is 0 Å². The maximum atomic E-state index is 13.4. The number of nitrogens with zero attached hydrogens (tertiary/aromatic N) is 2. The Morgan fingerprint density at radius 2 is 2.11 bits per heavy atom. The van der Waals surface area contributed by atoms with Crippen molar-refractivity contribution in [3.8, 4) is 0 Å². The van der Waals surface area contributed by atoms with E-state index in [2.05, 4.69) is 10.3 Å². The van der Waals surface area contributed by atoms with E-state index in [-0.39, 0.29) is 23.9 Å². The van der Waals surface area contributed by atoms with Crippen LogP contribution < -0.4 is 10.2 Å². The number of aldehydes is 1. The second-order valence-corrected chi connectivity index (χ2v) is 6.96. The van der Waals surface area contributed by atoms with Crippen molar-refractivity contribution in [3.05, 3.63) is 40.7 Å². The molecule has 0 saturated heterocycles. The van der Waals surface area contributed by atoms with Crippen LogP contribution in [0.15, 0.2) is 24.4 Å². The predicted molar refractivity (Wildman–Crippen MR) is 94.3 cm³/mol. The van der Waals surface area contributed by atoms with Gasteiger partial charge < -0.3 is 15.0 Å². The van der Waals surface area contributed by atoms with Gasteiger partial charge in [0.25, 0.3) is 0 Å². The lowest BCUT2D eigenvalue weighted by Gasteiger charge is -2.24. The van der Waals surface area contributed by atoms with E-state index in [1.165, 1.54) is 12.1 Å². The molecule has 1 atom stereocenters. The van der Waals surface area contributed by atoms with Crippen LogP contribution in [0.1, 0.15) is 16.9 Å². The third-order valence-corrected chi connectivity index (χ3v) is 4.80. The molecular formula is C17H17F4N3O2S. The van der Waals surface area contributed by atoms with Crippen LogP contribution in [0.5, 0.6) is 0 Å². The van der Waals surface area contributed by atoms with Crippen LogP contribution in [-0.4, -0.2) is 30.8 Å². The smallest absolute Gasteiger partial charge is 0.374 e. The Balaban J connectivity index is 2.08. The van der Waals surface area contributed by atoms with Gasteiger partial charge in [-0.1, -0.05) is 11.3 Å². The molecule has 5 nitrogen and oxygen atoms in total. The fraction of sp³-hybridized carbons (Fsp3) is 0.353. The molecule has 1 aromatic heterocycles. The van der Waals surface area contributed by atoms with Gasteiger partial charge in [0.1, 0.15) is 17.0 Å². The van der Waals surface area contributed by atoms with E-state index in [1.54, 1.807) is 24.9 Å². The first-order valence-electron chi connectivity index (χ1n) is 7.86. The zero-order valence-corrected chi connectivity index (χ0v) is 15.3. The van der Waals surface area contributed by atoms with Gasteiger partial charge in [0.05, 0.1) is 12.1 Å². The molecule has 1 aromatic carbocycles. The Hall–Kier alpha value is -2.49. The number of hydrogen-bond acceptors (Lipinski definition) is 5. The summed E-state index contributed by atoms with van der Waals surface area (Å²) in [5.74, 6) is -1.79. The maximum absolute atomic E-state index is 13.4. The van der Waals surface area contributed by atoms with Crippen LogP contribution in [-0.2, 0) is 15.8 Å². The number of rotatable bonds is 7. The number of hydrogen-bond donors (Lipinski definition) is 1. The highest BCUT2D eigenvalue weighted by atomic mass is 32.1. The highest BCUT2D eigenvalue weighted by molar-refractivity contribution is 7.15. The van der Waals surface area contributed by atoms with E-state index in [9.17, 15) is 27.2 Å². The molecule has 1 unspecified atom stereocenters. The van der Waals surface area contributed by atoms with E-state index < -0.39 is 22.9 Å². The fourth-order valence-electron chi connectivity index (χ4n) is 2.35. The highest BCUT2D eigenvalue weighted by Gasteiger charge is 2.33. The Bertz CT molecular complexity index is 823. The molecule has 0 fully saturated rings. The molecule has 1 amide bonds. The number of aryl methyl sites for hydroxylation is 1. The van der Waals surface area contributed by atoms with Crippen molar-refractivity contribution < 1.29 is 27.2 Å². The van der Waals surface area contributed by atoms with Gasteiger partial charge in [0.15, 0.2) is 5.13 Å². The van der Waals surface area contributed by atoms with Crippen LogP contribution in [0.2, 0.25) is 0 Å². The number of aromatic nitrogens is 1. The molecule has 0 aliphatic carbocycles. The zero-order valence-electron chi connectivity index (χ0n) is 14.5. The van der Waals surface area contributed by atoms with Crippen molar-refractivity contribution in [1.29, 1.82) is 0 Å². The number of halogens is 4. The number of benzene rings is 1. The van der Waals surface area contributed by atoms with Crippen molar-refractivity contribution in [2.24, 2.45) is 5.92 Å². The van der Waals surface area contributed by atoms with Crippen LogP contribution in [0.3, 0.4) is 0 Å². The normalized spacial score (nSPS) is 12.5. The fourth-order valence-corrected chi connectivity index (χ4v) is 3.04. The third-order valence-electron chi connectivity index (χ3n) is 3.84. The number of nitrogens with one attached hydrogen (secondary N) is 1. The standard InChI is InChI=1S/C17H17F4N3O2S/c1-10-7-12(3-4-13(10)18)24(2)9-11(5-6-25)15(26)23-16-22-8-14(27-16)17(19,20)21/h3-4,6-8,11H,5,9H2,1-2H3,(H,22,23,26). The second-order valence-electron chi connectivity index (χ2n) is 5.93.